The van der Waals surface area contributed by atoms with E-state index in [1.54, 1.807) is 23.1 Å². The maximum atomic E-state index is 12.7. The fraction of sp³-hybridized carbons (Fsp3) is 0.0526. The molecule has 2 aromatic heterocycles. The molecular weight excluding hydrogens is 412 g/mol. The standard InChI is InChI=1S/C19H16N4O4S2/c1-27-14-6-2-12(3-7-14)16-10-23-17(11-28-19(23)22-16)18(24)21-13-4-8-15(9-5-13)29(20,25)26/h2-11H,1H3,(H,21,24)(H2,20,25,26). The molecule has 4 aromatic rings. The average Bonchev–Trinajstić information content (AvgIpc) is 3.28. The second-order valence-electron chi connectivity index (χ2n) is 6.15. The number of carbonyl (C=O) groups excluding carboxylic acids is 1. The summed E-state index contributed by atoms with van der Waals surface area (Å²) < 4.78 is 29.5. The summed E-state index contributed by atoms with van der Waals surface area (Å²) in [5, 5.41) is 9.55. The van der Waals surface area contributed by atoms with E-state index in [0.717, 1.165) is 17.0 Å². The number of fused-ring (bicyclic) bond motifs is 1. The molecule has 8 nitrogen and oxygen atoms in total. The summed E-state index contributed by atoms with van der Waals surface area (Å²) >= 11 is 1.35. The molecule has 0 aliphatic rings. The van der Waals surface area contributed by atoms with E-state index >= 15 is 0 Å². The van der Waals surface area contributed by atoms with Crippen LogP contribution in [0.15, 0.2) is 65.0 Å². The third-order valence-corrected chi connectivity index (χ3v) is 6.04. The number of benzene rings is 2. The Balaban J connectivity index is 1.58. The van der Waals surface area contributed by atoms with E-state index in [-0.39, 0.29) is 10.8 Å². The molecule has 29 heavy (non-hydrogen) atoms. The van der Waals surface area contributed by atoms with Crippen LogP contribution in [0.3, 0.4) is 0 Å². The lowest BCUT2D eigenvalue weighted by Crippen LogP contribution is -2.15. The molecule has 1 amide bonds. The number of nitrogens with one attached hydrogen (secondary N) is 1. The largest absolute Gasteiger partial charge is 0.497 e. The lowest BCUT2D eigenvalue weighted by Gasteiger charge is -2.05. The molecule has 0 fully saturated rings. The van der Waals surface area contributed by atoms with E-state index in [1.807, 2.05) is 24.3 Å². The zero-order valence-electron chi connectivity index (χ0n) is 15.2. The Kier molecular flexibility index (Phi) is 4.82. The minimum Gasteiger partial charge on any atom is -0.497 e. The highest BCUT2D eigenvalue weighted by molar-refractivity contribution is 7.89. The van der Waals surface area contributed by atoms with Crippen LogP contribution < -0.4 is 15.2 Å². The molecule has 0 saturated carbocycles. The van der Waals surface area contributed by atoms with Gasteiger partial charge in [-0.1, -0.05) is 0 Å². The first-order chi connectivity index (χ1) is 13.8. The van der Waals surface area contributed by atoms with Gasteiger partial charge in [-0.3, -0.25) is 9.20 Å². The molecule has 0 radical (unpaired) electrons. The second-order valence-corrected chi connectivity index (χ2v) is 8.55. The molecule has 4 rings (SSSR count). The van der Waals surface area contributed by atoms with Gasteiger partial charge in [-0.15, -0.1) is 11.3 Å². The van der Waals surface area contributed by atoms with Crippen molar-refractivity contribution >= 4 is 37.9 Å². The van der Waals surface area contributed by atoms with E-state index in [9.17, 15) is 13.2 Å². The fourth-order valence-corrected chi connectivity index (χ4v) is 4.14. The Morgan fingerprint density at radius 1 is 1.14 bits per heavy atom. The zero-order valence-corrected chi connectivity index (χ0v) is 16.8. The van der Waals surface area contributed by atoms with Gasteiger partial charge in [-0.25, -0.2) is 18.5 Å². The summed E-state index contributed by atoms with van der Waals surface area (Å²) in [6.07, 6.45) is 1.80. The number of nitrogens with zero attached hydrogens (tertiary/aromatic N) is 2. The number of imidazole rings is 1. The Bertz CT molecular complexity index is 1290. The quantitative estimate of drug-likeness (QED) is 0.507. The molecule has 10 heteroatoms. The van der Waals surface area contributed by atoms with Crippen LogP contribution in [0.4, 0.5) is 5.69 Å². The summed E-state index contributed by atoms with van der Waals surface area (Å²) in [6.45, 7) is 0. The summed E-state index contributed by atoms with van der Waals surface area (Å²) in [5.74, 6) is 0.418. The Morgan fingerprint density at radius 2 is 1.83 bits per heavy atom. The van der Waals surface area contributed by atoms with Crippen molar-refractivity contribution in [1.29, 1.82) is 0 Å². The van der Waals surface area contributed by atoms with Crippen LogP contribution in [0.5, 0.6) is 5.75 Å². The van der Waals surface area contributed by atoms with Crippen molar-refractivity contribution in [2.45, 2.75) is 4.90 Å². The van der Waals surface area contributed by atoms with E-state index in [1.165, 1.54) is 35.6 Å². The highest BCUT2D eigenvalue weighted by atomic mass is 32.2. The van der Waals surface area contributed by atoms with Crippen molar-refractivity contribution in [2.75, 3.05) is 12.4 Å². The van der Waals surface area contributed by atoms with Crippen molar-refractivity contribution in [2.24, 2.45) is 5.14 Å². The third-order valence-electron chi connectivity index (χ3n) is 4.27. The van der Waals surface area contributed by atoms with Gasteiger partial charge in [0, 0.05) is 22.8 Å². The lowest BCUT2D eigenvalue weighted by molar-refractivity contribution is 0.102. The summed E-state index contributed by atoms with van der Waals surface area (Å²) in [7, 11) is -2.17. The Morgan fingerprint density at radius 3 is 2.45 bits per heavy atom. The molecule has 2 aromatic carbocycles. The van der Waals surface area contributed by atoms with E-state index in [2.05, 4.69) is 10.3 Å². The van der Waals surface area contributed by atoms with Crippen LogP contribution >= 0.6 is 11.3 Å². The molecule has 0 unspecified atom stereocenters. The van der Waals surface area contributed by atoms with E-state index < -0.39 is 10.0 Å². The van der Waals surface area contributed by atoms with Crippen molar-refractivity contribution in [3.05, 3.63) is 65.8 Å². The van der Waals surface area contributed by atoms with Crippen LogP contribution in [0, 0.1) is 0 Å². The van der Waals surface area contributed by atoms with Gasteiger partial charge in [0.2, 0.25) is 10.0 Å². The summed E-state index contributed by atoms with van der Waals surface area (Å²) in [5.41, 5.74) is 2.53. The normalized spacial score (nSPS) is 11.5. The van der Waals surface area contributed by atoms with Gasteiger partial charge in [-0.05, 0) is 48.5 Å². The third kappa shape index (κ3) is 3.86. The maximum Gasteiger partial charge on any atom is 0.273 e. The number of hydrogen-bond acceptors (Lipinski definition) is 6. The number of primary sulfonamides is 1. The molecule has 0 aliphatic carbocycles. The molecule has 0 bridgehead atoms. The fourth-order valence-electron chi connectivity index (χ4n) is 2.77. The monoisotopic (exact) mass is 428 g/mol. The van der Waals surface area contributed by atoms with Gasteiger partial charge in [0.25, 0.3) is 5.91 Å². The molecule has 0 aliphatic heterocycles. The number of amides is 1. The van der Waals surface area contributed by atoms with E-state index in [0.29, 0.717) is 16.3 Å². The Labute approximate surface area is 170 Å². The minimum atomic E-state index is -3.78. The number of rotatable bonds is 5. The molecular formula is C19H16N4O4S2. The lowest BCUT2D eigenvalue weighted by atomic mass is 10.2. The number of hydrogen-bond donors (Lipinski definition) is 2. The van der Waals surface area contributed by atoms with Gasteiger partial charge >= 0.3 is 0 Å². The number of anilines is 1. The number of carbonyl (C=O) groups is 1. The number of methoxy groups -OCH3 is 1. The van der Waals surface area contributed by atoms with Crippen molar-refractivity contribution < 1.29 is 17.9 Å². The number of thiazole rings is 1. The first-order valence-corrected chi connectivity index (χ1v) is 10.8. The van der Waals surface area contributed by atoms with Crippen molar-refractivity contribution in [1.82, 2.24) is 9.38 Å². The number of ether oxygens (including phenoxy) is 1. The molecule has 0 atom stereocenters. The smallest absolute Gasteiger partial charge is 0.273 e. The predicted octanol–water partition coefficient (Wildman–Crippen LogP) is 2.97. The van der Waals surface area contributed by atoms with Gasteiger partial charge in [-0.2, -0.15) is 0 Å². The zero-order chi connectivity index (χ0) is 20.6. The number of nitrogens with two attached hydrogens (primary N) is 1. The van der Waals surface area contributed by atoms with Gasteiger partial charge in [0.1, 0.15) is 11.4 Å². The Hall–Kier alpha value is -3.21. The van der Waals surface area contributed by atoms with Crippen LogP contribution in [0.25, 0.3) is 16.2 Å². The van der Waals surface area contributed by atoms with Gasteiger partial charge in [0.15, 0.2) is 4.96 Å². The van der Waals surface area contributed by atoms with Crippen molar-refractivity contribution in [3.63, 3.8) is 0 Å². The first-order valence-electron chi connectivity index (χ1n) is 8.40. The van der Waals surface area contributed by atoms with E-state index in [4.69, 9.17) is 9.88 Å². The van der Waals surface area contributed by atoms with Crippen LogP contribution in [-0.2, 0) is 10.0 Å². The first kappa shape index (κ1) is 19.1. The molecule has 148 valence electrons. The van der Waals surface area contributed by atoms with Crippen LogP contribution in [0.1, 0.15) is 10.5 Å². The second kappa shape index (κ2) is 7.32. The molecule has 0 spiro atoms. The van der Waals surface area contributed by atoms with Gasteiger partial charge in [0.05, 0.1) is 17.7 Å². The predicted molar refractivity (Wildman–Crippen MR) is 111 cm³/mol. The van der Waals surface area contributed by atoms with Crippen LogP contribution in [0.2, 0.25) is 0 Å². The molecule has 2 heterocycles. The maximum absolute atomic E-state index is 12.7. The number of aromatic nitrogens is 2. The SMILES string of the molecule is COc1ccc(-c2cn3c(C(=O)Nc4ccc(S(N)(=O)=O)cc4)csc3n2)cc1. The van der Waals surface area contributed by atoms with Crippen LogP contribution in [-0.4, -0.2) is 30.8 Å². The summed E-state index contributed by atoms with van der Waals surface area (Å²) in [6, 6.07) is 13.1. The minimum absolute atomic E-state index is 0.0211. The van der Waals surface area contributed by atoms with Crippen molar-refractivity contribution in [3.8, 4) is 17.0 Å². The highest BCUT2D eigenvalue weighted by Crippen LogP contribution is 2.26. The number of sulfonamides is 1. The summed E-state index contributed by atoms with van der Waals surface area (Å²) in [4.78, 5) is 17.9. The average molecular weight is 428 g/mol. The molecule has 0 saturated heterocycles. The highest BCUT2D eigenvalue weighted by Gasteiger charge is 2.16. The molecule has 3 N–H and O–H groups in total. The topological polar surface area (TPSA) is 116 Å². The van der Waals surface area contributed by atoms with Gasteiger partial charge < -0.3 is 10.1 Å².